The van der Waals surface area contributed by atoms with Gasteiger partial charge in [-0.15, -0.1) is 0 Å². The minimum absolute atomic E-state index is 0.255. The van der Waals surface area contributed by atoms with Crippen molar-refractivity contribution in [3.8, 4) is 0 Å². The number of halogens is 1. The summed E-state index contributed by atoms with van der Waals surface area (Å²) < 4.78 is 1.04. The second-order valence-electron chi connectivity index (χ2n) is 5.83. The predicted molar refractivity (Wildman–Crippen MR) is 103 cm³/mol. The van der Waals surface area contributed by atoms with Crippen molar-refractivity contribution in [1.29, 1.82) is 0 Å². The van der Waals surface area contributed by atoms with E-state index in [4.69, 9.17) is 11.6 Å². The van der Waals surface area contributed by atoms with Gasteiger partial charge in [-0.05, 0) is 36.8 Å². The number of hydrogen-bond acceptors (Lipinski definition) is 4. The number of aromatic amines is 1. The Balaban J connectivity index is 1.72. The quantitative estimate of drug-likeness (QED) is 0.536. The zero-order valence-corrected chi connectivity index (χ0v) is 15.3. The summed E-state index contributed by atoms with van der Waals surface area (Å²) in [4.78, 5) is 24.9. The Morgan fingerprint density at radius 2 is 2.08 bits per heavy atom. The molecule has 2 aromatic heterocycles. The van der Waals surface area contributed by atoms with Crippen molar-refractivity contribution in [2.24, 2.45) is 0 Å². The minimum atomic E-state index is -0.255. The fourth-order valence-electron chi connectivity index (χ4n) is 2.73. The van der Waals surface area contributed by atoms with Crippen molar-refractivity contribution in [3.63, 3.8) is 0 Å². The third kappa shape index (κ3) is 2.99. The van der Waals surface area contributed by atoms with Gasteiger partial charge >= 0.3 is 0 Å². The lowest BCUT2D eigenvalue weighted by molar-refractivity contribution is 0.102. The van der Waals surface area contributed by atoms with Crippen LogP contribution in [0.3, 0.4) is 0 Å². The van der Waals surface area contributed by atoms with Crippen molar-refractivity contribution in [3.05, 3.63) is 52.3 Å². The van der Waals surface area contributed by atoms with Gasteiger partial charge in [0.1, 0.15) is 5.82 Å². The Hall–Kier alpha value is -2.44. The number of nitrogens with one attached hydrogen (secondary N) is 2. The molecule has 0 unspecified atom stereocenters. The maximum atomic E-state index is 12.8. The third-order valence-electron chi connectivity index (χ3n) is 3.95. The average molecular weight is 371 g/mol. The highest BCUT2D eigenvalue weighted by molar-refractivity contribution is 7.22. The molecule has 0 saturated carbocycles. The smallest absolute Gasteiger partial charge is 0.259 e. The van der Waals surface area contributed by atoms with Crippen LogP contribution in [0.15, 0.2) is 30.3 Å². The summed E-state index contributed by atoms with van der Waals surface area (Å²) in [5, 5.41) is 3.92. The van der Waals surface area contributed by atoms with E-state index in [9.17, 15) is 4.79 Å². The summed E-state index contributed by atoms with van der Waals surface area (Å²) in [6.07, 6.45) is 0.755. The van der Waals surface area contributed by atoms with E-state index < -0.39 is 0 Å². The molecular weight excluding hydrogens is 356 g/mol. The second-order valence-corrected chi connectivity index (χ2v) is 7.30. The number of carbonyl (C=O) groups is 1. The summed E-state index contributed by atoms with van der Waals surface area (Å²) in [7, 11) is 0. The Morgan fingerprint density at radius 3 is 2.88 bits per heavy atom. The fourth-order valence-corrected chi connectivity index (χ4v) is 3.90. The molecule has 0 radical (unpaired) electrons. The first-order valence-electron chi connectivity index (χ1n) is 7.90. The molecule has 126 valence electrons. The SMILES string of the molecule is CCc1nc2cc(Cl)cc(C(=O)Nc3nc4ccc(C)cc4s3)c2[nH]1. The molecule has 0 spiro atoms. The Bertz CT molecular complexity index is 1120. The van der Waals surface area contributed by atoms with Gasteiger partial charge in [-0.25, -0.2) is 9.97 Å². The van der Waals surface area contributed by atoms with Gasteiger partial charge in [0.15, 0.2) is 5.13 Å². The average Bonchev–Trinajstić information content (AvgIpc) is 3.16. The molecule has 4 rings (SSSR count). The monoisotopic (exact) mass is 370 g/mol. The van der Waals surface area contributed by atoms with Crippen molar-refractivity contribution in [2.45, 2.75) is 20.3 Å². The first-order valence-corrected chi connectivity index (χ1v) is 9.09. The number of imidazole rings is 1. The van der Waals surface area contributed by atoms with E-state index in [1.54, 1.807) is 12.1 Å². The van der Waals surface area contributed by atoms with Gasteiger partial charge in [0.25, 0.3) is 5.91 Å². The predicted octanol–water partition coefficient (Wildman–Crippen LogP) is 4.95. The van der Waals surface area contributed by atoms with E-state index in [2.05, 4.69) is 26.3 Å². The van der Waals surface area contributed by atoms with Crippen LogP contribution in [0.25, 0.3) is 21.3 Å². The molecule has 25 heavy (non-hydrogen) atoms. The van der Waals surface area contributed by atoms with Gasteiger partial charge < -0.3 is 4.98 Å². The van der Waals surface area contributed by atoms with Crippen LogP contribution in [-0.4, -0.2) is 20.9 Å². The molecule has 1 amide bonds. The van der Waals surface area contributed by atoms with Gasteiger partial charge in [0.2, 0.25) is 0 Å². The van der Waals surface area contributed by atoms with Gasteiger partial charge in [0, 0.05) is 11.4 Å². The van der Waals surface area contributed by atoms with E-state index >= 15 is 0 Å². The molecule has 0 saturated heterocycles. The zero-order valence-electron chi connectivity index (χ0n) is 13.7. The maximum absolute atomic E-state index is 12.8. The van der Waals surface area contributed by atoms with Crippen molar-refractivity contribution >= 4 is 55.2 Å². The number of rotatable bonds is 3. The molecule has 2 aromatic carbocycles. The molecule has 5 nitrogen and oxygen atoms in total. The second kappa shape index (κ2) is 6.13. The molecule has 0 aliphatic carbocycles. The number of fused-ring (bicyclic) bond motifs is 2. The first kappa shape index (κ1) is 16.1. The number of thiazole rings is 1. The van der Waals surface area contributed by atoms with Crippen LogP contribution in [-0.2, 0) is 6.42 Å². The van der Waals surface area contributed by atoms with Crippen LogP contribution >= 0.6 is 22.9 Å². The van der Waals surface area contributed by atoms with Gasteiger partial charge in [-0.2, -0.15) is 0 Å². The fraction of sp³-hybridized carbons (Fsp3) is 0.167. The molecule has 0 atom stereocenters. The molecule has 2 N–H and O–H groups in total. The van der Waals surface area contributed by atoms with Crippen LogP contribution in [0.1, 0.15) is 28.7 Å². The zero-order chi connectivity index (χ0) is 17.6. The molecule has 0 aliphatic rings. The first-order chi connectivity index (χ1) is 12.0. The topological polar surface area (TPSA) is 70.7 Å². The van der Waals surface area contributed by atoms with Crippen LogP contribution < -0.4 is 5.32 Å². The molecule has 2 heterocycles. The van der Waals surface area contributed by atoms with Crippen LogP contribution in [0.5, 0.6) is 0 Å². The molecule has 0 bridgehead atoms. The lowest BCUT2D eigenvalue weighted by Gasteiger charge is -2.03. The van der Waals surface area contributed by atoms with Gasteiger partial charge in [0.05, 0.1) is 26.8 Å². The Kier molecular flexibility index (Phi) is 3.94. The Labute approximate surface area is 153 Å². The van der Waals surface area contributed by atoms with E-state index in [0.29, 0.717) is 26.8 Å². The number of anilines is 1. The van der Waals surface area contributed by atoms with E-state index in [1.165, 1.54) is 11.3 Å². The maximum Gasteiger partial charge on any atom is 0.259 e. The van der Waals surface area contributed by atoms with Crippen LogP contribution in [0.2, 0.25) is 5.02 Å². The lowest BCUT2D eigenvalue weighted by Crippen LogP contribution is -2.12. The molecule has 4 aromatic rings. The molecule has 7 heteroatoms. The Morgan fingerprint density at radius 1 is 1.24 bits per heavy atom. The van der Waals surface area contributed by atoms with Crippen molar-refractivity contribution in [2.75, 3.05) is 5.32 Å². The normalized spacial score (nSPS) is 11.3. The third-order valence-corrected chi connectivity index (χ3v) is 5.10. The highest BCUT2D eigenvalue weighted by atomic mass is 35.5. The van der Waals surface area contributed by atoms with E-state index in [1.807, 2.05) is 26.0 Å². The largest absolute Gasteiger partial charge is 0.341 e. The molecular formula is C18H15ClN4OS. The minimum Gasteiger partial charge on any atom is -0.341 e. The number of carbonyl (C=O) groups excluding carboxylic acids is 1. The standard InChI is InChI=1S/C18H15ClN4OS/c1-3-15-20-13-8-10(19)7-11(16(13)22-15)17(24)23-18-21-12-5-4-9(2)6-14(12)25-18/h4-8H,3H2,1-2H3,(H,20,22)(H,21,23,24). The highest BCUT2D eigenvalue weighted by Gasteiger charge is 2.16. The number of aromatic nitrogens is 3. The van der Waals surface area contributed by atoms with Gasteiger partial charge in [-0.1, -0.05) is 35.9 Å². The van der Waals surface area contributed by atoms with Crippen molar-refractivity contribution in [1.82, 2.24) is 15.0 Å². The van der Waals surface area contributed by atoms with Gasteiger partial charge in [-0.3, -0.25) is 10.1 Å². The van der Waals surface area contributed by atoms with E-state index in [-0.39, 0.29) is 5.91 Å². The number of amides is 1. The van der Waals surface area contributed by atoms with E-state index in [0.717, 1.165) is 28.0 Å². The van der Waals surface area contributed by atoms with Crippen LogP contribution in [0.4, 0.5) is 5.13 Å². The number of nitrogens with zero attached hydrogens (tertiary/aromatic N) is 2. The highest BCUT2D eigenvalue weighted by Crippen LogP contribution is 2.28. The summed E-state index contributed by atoms with van der Waals surface area (Å²) in [6, 6.07) is 9.42. The number of aryl methyl sites for hydroxylation is 2. The van der Waals surface area contributed by atoms with Crippen molar-refractivity contribution < 1.29 is 4.79 Å². The summed E-state index contributed by atoms with van der Waals surface area (Å²) in [6.45, 7) is 4.03. The molecule has 0 aliphatic heterocycles. The van der Waals surface area contributed by atoms with Crippen LogP contribution in [0, 0.1) is 6.92 Å². The number of hydrogen-bond donors (Lipinski definition) is 2. The lowest BCUT2D eigenvalue weighted by atomic mass is 10.1. The number of benzene rings is 2. The summed E-state index contributed by atoms with van der Waals surface area (Å²) in [5.74, 6) is 0.566. The summed E-state index contributed by atoms with van der Waals surface area (Å²) >= 11 is 7.61. The molecule has 0 fully saturated rings. The number of H-pyrrole nitrogens is 1. The summed E-state index contributed by atoms with van der Waals surface area (Å²) in [5.41, 5.74) is 3.88.